The standard InChI is InChI=1S/C11H11F3N2O3/c1-2-7(10(17)18)15-11(19)16-8-4-5(12)3-6(13)9(8)14/h3-4,7H,2H2,1H3,(H,17,18)(H2,15,16,19). The Balaban J connectivity index is 2.80. The van der Waals surface area contributed by atoms with Gasteiger partial charge in [-0.15, -0.1) is 0 Å². The number of carboxylic acids is 1. The molecule has 2 amide bonds. The SMILES string of the molecule is CCC(NC(=O)Nc1cc(F)cc(F)c1F)C(=O)O. The summed E-state index contributed by atoms with van der Waals surface area (Å²) in [4.78, 5) is 22.0. The van der Waals surface area contributed by atoms with Crippen LogP contribution in [0, 0.1) is 17.5 Å². The number of urea groups is 1. The van der Waals surface area contributed by atoms with Crippen LogP contribution in [0.15, 0.2) is 12.1 Å². The first-order chi connectivity index (χ1) is 8.85. The van der Waals surface area contributed by atoms with Gasteiger partial charge in [-0.25, -0.2) is 22.8 Å². The Kier molecular flexibility index (Phi) is 4.74. The average molecular weight is 276 g/mol. The van der Waals surface area contributed by atoms with Gasteiger partial charge in [0.25, 0.3) is 0 Å². The van der Waals surface area contributed by atoms with E-state index in [9.17, 15) is 22.8 Å². The number of halogens is 3. The fraction of sp³-hybridized carbons (Fsp3) is 0.273. The molecule has 0 bridgehead atoms. The summed E-state index contributed by atoms with van der Waals surface area (Å²) in [5.41, 5.74) is -0.713. The number of rotatable bonds is 4. The average Bonchev–Trinajstić information content (AvgIpc) is 2.32. The van der Waals surface area contributed by atoms with Gasteiger partial charge in [-0.05, 0) is 6.42 Å². The highest BCUT2D eigenvalue weighted by Gasteiger charge is 2.19. The molecule has 3 N–H and O–H groups in total. The van der Waals surface area contributed by atoms with E-state index in [-0.39, 0.29) is 6.42 Å². The van der Waals surface area contributed by atoms with E-state index in [0.717, 1.165) is 0 Å². The van der Waals surface area contributed by atoms with Crippen molar-refractivity contribution in [3.8, 4) is 0 Å². The topological polar surface area (TPSA) is 78.4 Å². The number of amides is 2. The third-order valence-corrected chi connectivity index (χ3v) is 2.25. The van der Waals surface area contributed by atoms with E-state index < -0.39 is 41.2 Å². The van der Waals surface area contributed by atoms with Gasteiger partial charge in [0.2, 0.25) is 0 Å². The lowest BCUT2D eigenvalue weighted by Crippen LogP contribution is -2.42. The largest absolute Gasteiger partial charge is 0.480 e. The molecule has 1 atom stereocenters. The van der Waals surface area contributed by atoms with E-state index >= 15 is 0 Å². The fourth-order valence-corrected chi connectivity index (χ4v) is 1.30. The number of aliphatic carboxylic acids is 1. The lowest BCUT2D eigenvalue weighted by molar-refractivity contribution is -0.139. The van der Waals surface area contributed by atoms with Crippen molar-refractivity contribution in [3.05, 3.63) is 29.6 Å². The van der Waals surface area contributed by atoms with Crippen LogP contribution in [-0.2, 0) is 4.79 Å². The first kappa shape index (κ1) is 14.8. The van der Waals surface area contributed by atoms with E-state index in [1.54, 1.807) is 0 Å². The first-order valence-corrected chi connectivity index (χ1v) is 5.30. The van der Waals surface area contributed by atoms with Crippen molar-refractivity contribution >= 4 is 17.7 Å². The zero-order valence-electron chi connectivity index (χ0n) is 9.84. The molecule has 19 heavy (non-hydrogen) atoms. The summed E-state index contributed by atoms with van der Waals surface area (Å²) in [7, 11) is 0. The second-order valence-corrected chi connectivity index (χ2v) is 3.65. The van der Waals surface area contributed by atoms with Crippen molar-refractivity contribution in [3.63, 3.8) is 0 Å². The molecular formula is C11H11F3N2O3. The quantitative estimate of drug-likeness (QED) is 0.737. The fourth-order valence-electron chi connectivity index (χ4n) is 1.30. The van der Waals surface area contributed by atoms with Crippen LogP contribution in [-0.4, -0.2) is 23.1 Å². The smallest absolute Gasteiger partial charge is 0.326 e. The van der Waals surface area contributed by atoms with E-state index in [0.29, 0.717) is 12.1 Å². The van der Waals surface area contributed by atoms with Crippen molar-refractivity contribution in [1.29, 1.82) is 0 Å². The minimum absolute atomic E-state index is 0.0999. The summed E-state index contributed by atoms with van der Waals surface area (Å²) in [5, 5.41) is 12.6. The van der Waals surface area contributed by atoms with Crippen LogP contribution in [0.2, 0.25) is 0 Å². The maximum atomic E-state index is 13.2. The van der Waals surface area contributed by atoms with Crippen molar-refractivity contribution in [2.45, 2.75) is 19.4 Å². The lowest BCUT2D eigenvalue weighted by Gasteiger charge is -2.13. The number of anilines is 1. The molecule has 1 rings (SSSR count). The molecule has 0 saturated carbocycles. The molecule has 0 saturated heterocycles. The number of carbonyl (C=O) groups is 2. The Morgan fingerprint density at radius 2 is 1.95 bits per heavy atom. The number of hydrogen-bond donors (Lipinski definition) is 3. The van der Waals surface area contributed by atoms with Gasteiger partial charge in [-0.3, -0.25) is 0 Å². The Morgan fingerprint density at radius 3 is 2.47 bits per heavy atom. The molecule has 0 radical (unpaired) electrons. The summed E-state index contributed by atoms with van der Waals surface area (Å²) >= 11 is 0. The highest BCUT2D eigenvalue weighted by Crippen LogP contribution is 2.18. The molecule has 1 aromatic carbocycles. The van der Waals surface area contributed by atoms with Gasteiger partial charge >= 0.3 is 12.0 Å². The van der Waals surface area contributed by atoms with Gasteiger partial charge in [-0.2, -0.15) is 0 Å². The van der Waals surface area contributed by atoms with Crippen molar-refractivity contribution < 1.29 is 27.9 Å². The zero-order valence-corrected chi connectivity index (χ0v) is 9.84. The molecule has 0 aromatic heterocycles. The summed E-state index contributed by atoms with van der Waals surface area (Å²) in [6.45, 7) is 1.52. The molecule has 104 valence electrons. The molecule has 0 aliphatic heterocycles. The normalized spacial score (nSPS) is 11.8. The van der Waals surface area contributed by atoms with Crippen molar-refractivity contribution in [2.24, 2.45) is 0 Å². The molecule has 8 heteroatoms. The van der Waals surface area contributed by atoms with Crippen LogP contribution in [0.1, 0.15) is 13.3 Å². The number of hydrogen-bond acceptors (Lipinski definition) is 2. The molecule has 0 heterocycles. The molecule has 0 fully saturated rings. The third kappa shape index (κ3) is 3.87. The predicted octanol–water partition coefficient (Wildman–Crippen LogP) is 2.09. The van der Waals surface area contributed by atoms with Gasteiger partial charge in [0, 0.05) is 12.1 Å². The van der Waals surface area contributed by atoms with E-state index in [1.165, 1.54) is 6.92 Å². The Labute approximate surface area is 106 Å². The minimum atomic E-state index is -1.46. The van der Waals surface area contributed by atoms with Crippen LogP contribution >= 0.6 is 0 Å². The number of carboxylic acid groups (broad SMARTS) is 1. The Hall–Kier alpha value is -2.25. The highest BCUT2D eigenvalue weighted by atomic mass is 19.2. The lowest BCUT2D eigenvalue weighted by atomic mass is 10.2. The van der Waals surface area contributed by atoms with Gasteiger partial charge in [0.1, 0.15) is 11.9 Å². The van der Waals surface area contributed by atoms with E-state index in [4.69, 9.17) is 5.11 Å². The maximum Gasteiger partial charge on any atom is 0.326 e. The Bertz CT molecular complexity index is 508. The molecule has 5 nitrogen and oxygen atoms in total. The maximum absolute atomic E-state index is 13.2. The summed E-state index contributed by atoms with van der Waals surface area (Å²) in [6.07, 6.45) is 0.0999. The van der Waals surface area contributed by atoms with E-state index in [2.05, 4.69) is 0 Å². The zero-order chi connectivity index (χ0) is 14.6. The van der Waals surface area contributed by atoms with Crippen LogP contribution in [0.4, 0.5) is 23.7 Å². The number of carbonyl (C=O) groups excluding carboxylic acids is 1. The molecule has 1 unspecified atom stereocenters. The first-order valence-electron chi connectivity index (χ1n) is 5.30. The second-order valence-electron chi connectivity index (χ2n) is 3.65. The van der Waals surface area contributed by atoms with Crippen LogP contribution in [0.3, 0.4) is 0 Å². The van der Waals surface area contributed by atoms with Gasteiger partial charge in [0.15, 0.2) is 11.6 Å². The van der Waals surface area contributed by atoms with Crippen molar-refractivity contribution in [2.75, 3.05) is 5.32 Å². The number of benzene rings is 1. The molecule has 0 aliphatic rings. The van der Waals surface area contributed by atoms with Crippen molar-refractivity contribution in [1.82, 2.24) is 5.32 Å². The molecular weight excluding hydrogens is 265 g/mol. The van der Waals surface area contributed by atoms with Crippen LogP contribution in [0.25, 0.3) is 0 Å². The minimum Gasteiger partial charge on any atom is -0.480 e. The number of nitrogens with one attached hydrogen (secondary N) is 2. The third-order valence-electron chi connectivity index (χ3n) is 2.25. The van der Waals surface area contributed by atoms with Crippen LogP contribution < -0.4 is 10.6 Å². The Morgan fingerprint density at radius 1 is 1.32 bits per heavy atom. The molecule has 1 aromatic rings. The molecule has 0 spiro atoms. The molecule has 0 aliphatic carbocycles. The van der Waals surface area contributed by atoms with Crippen LogP contribution in [0.5, 0.6) is 0 Å². The van der Waals surface area contributed by atoms with E-state index in [1.807, 2.05) is 10.6 Å². The monoisotopic (exact) mass is 276 g/mol. The highest BCUT2D eigenvalue weighted by molar-refractivity contribution is 5.92. The summed E-state index contributed by atoms with van der Waals surface area (Å²) in [5.74, 6) is -5.23. The van der Waals surface area contributed by atoms with Gasteiger partial charge in [-0.1, -0.05) is 6.92 Å². The predicted molar refractivity (Wildman–Crippen MR) is 60.2 cm³/mol. The van der Waals surface area contributed by atoms with Gasteiger partial charge < -0.3 is 15.7 Å². The summed E-state index contributed by atoms with van der Waals surface area (Å²) < 4.78 is 38.9. The van der Waals surface area contributed by atoms with Gasteiger partial charge in [0.05, 0.1) is 5.69 Å². The summed E-state index contributed by atoms with van der Waals surface area (Å²) in [6, 6.07) is -1.34. The second kappa shape index (κ2) is 6.07.